The number of hydrogen-bond donors (Lipinski definition) is 5. The summed E-state index contributed by atoms with van der Waals surface area (Å²) in [4.78, 5) is 22.3. The van der Waals surface area contributed by atoms with Gasteiger partial charge in [-0.15, -0.1) is 0 Å². The lowest BCUT2D eigenvalue weighted by atomic mass is 9.73. The van der Waals surface area contributed by atoms with E-state index in [1.807, 2.05) is 39.8 Å². The molecule has 4 fully saturated rings. The van der Waals surface area contributed by atoms with Crippen LogP contribution in [0, 0.1) is 29.6 Å². The number of ether oxygens (including phenoxy) is 6. The lowest BCUT2D eigenvalue weighted by Gasteiger charge is -2.49. The molecular weight excluding hydrogens is 776 g/mol. The van der Waals surface area contributed by atoms with Crippen LogP contribution in [0.3, 0.4) is 0 Å². The van der Waals surface area contributed by atoms with Crippen LogP contribution >= 0.6 is 0 Å². The van der Waals surface area contributed by atoms with Gasteiger partial charge in [0.15, 0.2) is 12.6 Å². The van der Waals surface area contributed by atoms with Crippen LogP contribution in [0.2, 0.25) is 0 Å². The van der Waals surface area contributed by atoms with Crippen molar-refractivity contribution in [1.29, 1.82) is 0 Å². The minimum atomic E-state index is -1.92. The molecule has 0 aromatic carbocycles. The Morgan fingerprint density at radius 1 is 0.883 bits per heavy atom. The zero-order chi connectivity index (χ0) is 44.9. The van der Waals surface area contributed by atoms with E-state index in [4.69, 9.17) is 33.3 Å². The molecule has 0 aromatic heterocycles. The monoisotopic (exact) mass is 859 g/mol. The third-order valence-electron chi connectivity index (χ3n) is 14.4. The number of aliphatic hydroxyl groups is 5. The Balaban J connectivity index is 1.83. The van der Waals surface area contributed by atoms with E-state index in [2.05, 4.69) is 5.16 Å². The molecule has 1 saturated carbocycles. The second-order valence-electron chi connectivity index (χ2n) is 19.7. The molecule has 2 unspecified atom stereocenters. The number of likely N-dealkylation sites (N-methyl/N-ethyl adjacent to an activating group) is 1. The summed E-state index contributed by atoms with van der Waals surface area (Å²) in [6, 6.07) is -0.307. The Kier molecular flexibility index (Phi) is 18.3. The summed E-state index contributed by atoms with van der Waals surface area (Å²) in [5.74, 6) is -3.32. The fourth-order valence-electron chi connectivity index (χ4n) is 10.4. The summed E-state index contributed by atoms with van der Waals surface area (Å²) in [7, 11) is 5.27. The first-order chi connectivity index (χ1) is 28.0. The van der Waals surface area contributed by atoms with Gasteiger partial charge in [0.1, 0.15) is 30.5 Å². The van der Waals surface area contributed by atoms with E-state index in [9.17, 15) is 30.3 Å². The SMILES string of the molecule is CC[C@@H]1OC(=O)[C@H](C)[C@@H](OC2C[C@@](C)(OC)[C@@H](O)[C@H](C)O2)[C@H](C)[C@@H](O[C@@H]2O[C@H](C)C[C@H](N(C)C)[C@H]2O)C(C)(O)C[C@@H](C)/C(=N\OCCC2CCCCC2)[C@@H](C)[C@@H](O)[C@]1(C)O. The minimum absolute atomic E-state index is 0.0369. The van der Waals surface area contributed by atoms with Crippen LogP contribution in [0.25, 0.3) is 0 Å². The van der Waals surface area contributed by atoms with Gasteiger partial charge in [-0.3, -0.25) is 4.79 Å². The van der Waals surface area contributed by atoms with E-state index >= 15 is 0 Å². The predicted molar refractivity (Wildman–Crippen MR) is 226 cm³/mol. The van der Waals surface area contributed by atoms with Gasteiger partial charge >= 0.3 is 5.97 Å². The van der Waals surface area contributed by atoms with Gasteiger partial charge in [0.25, 0.3) is 0 Å². The molecule has 0 aromatic rings. The van der Waals surface area contributed by atoms with Gasteiger partial charge in [-0.2, -0.15) is 0 Å². The number of hydrogen-bond acceptors (Lipinski definition) is 15. The van der Waals surface area contributed by atoms with Crippen molar-refractivity contribution in [3.05, 3.63) is 0 Å². The largest absolute Gasteiger partial charge is 0.459 e. The Morgan fingerprint density at radius 2 is 1.53 bits per heavy atom. The van der Waals surface area contributed by atoms with E-state index < -0.39 is 102 Å². The van der Waals surface area contributed by atoms with Crippen molar-refractivity contribution in [2.45, 2.75) is 218 Å². The summed E-state index contributed by atoms with van der Waals surface area (Å²) < 4.78 is 37.9. The normalized spacial score (nSPS) is 46.5. The molecule has 4 aliphatic rings. The van der Waals surface area contributed by atoms with Gasteiger partial charge in [-0.05, 0) is 87.2 Å². The van der Waals surface area contributed by atoms with Crippen LogP contribution in [-0.2, 0) is 38.1 Å². The molecule has 3 saturated heterocycles. The molecule has 0 bridgehead atoms. The fourth-order valence-corrected chi connectivity index (χ4v) is 10.4. The van der Waals surface area contributed by atoms with Gasteiger partial charge < -0.3 is 63.7 Å². The summed E-state index contributed by atoms with van der Waals surface area (Å²) in [5.41, 5.74) is -4.25. The molecule has 60 heavy (non-hydrogen) atoms. The number of cyclic esters (lactones) is 1. The molecule has 0 spiro atoms. The van der Waals surface area contributed by atoms with Crippen molar-refractivity contribution in [1.82, 2.24) is 4.90 Å². The van der Waals surface area contributed by atoms with E-state index in [0.717, 1.165) is 19.3 Å². The zero-order valence-electron chi connectivity index (χ0n) is 38.9. The minimum Gasteiger partial charge on any atom is -0.459 e. The average molecular weight is 859 g/mol. The van der Waals surface area contributed by atoms with E-state index in [1.54, 1.807) is 41.5 Å². The molecule has 18 atom stereocenters. The van der Waals surface area contributed by atoms with Crippen molar-refractivity contribution >= 4 is 11.7 Å². The van der Waals surface area contributed by atoms with E-state index in [1.165, 1.54) is 33.3 Å². The molecule has 350 valence electrons. The second-order valence-corrected chi connectivity index (χ2v) is 19.7. The standard InChI is InChI=1S/C45H82N2O13/c1-14-33-45(10,53)38(49)27(4)35(46-55-21-20-31-18-16-15-17-19-31)25(2)23-43(8,52)40(60-42-36(48)32(47(11)12)22-26(3)56-42)28(5)37(29(6)41(51)58-33)59-34-24-44(9,54-13)39(50)30(7)57-34/h25-34,36-40,42,48-50,52-53H,14-24H2,1-13H3/b46-35+/t25-,26-,27-,28+,29-,30+,32+,33+,34?,36-,37+,38-,39+,40-,42+,43?,44-,45-/m1/s1. The Labute approximate surface area is 359 Å². The number of oxime groups is 1. The first kappa shape index (κ1) is 51.1. The summed E-state index contributed by atoms with van der Waals surface area (Å²) in [6.07, 6.45) is -2.23. The first-order valence-corrected chi connectivity index (χ1v) is 22.7. The molecule has 0 amide bonds. The highest BCUT2D eigenvalue weighted by Crippen LogP contribution is 2.41. The summed E-state index contributed by atoms with van der Waals surface area (Å²) in [5, 5.41) is 64.3. The quantitative estimate of drug-likeness (QED) is 0.110. The average Bonchev–Trinajstić information content (AvgIpc) is 3.19. The highest BCUT2D eigenvalue weighted by molar-refractivity contribution is 5.88. The molecule has 15 nitrogen and oxygen atoms in total. The lowest BCUT2D eigenvalue weighted by molar-refractivity contribution is -0.317. The van der Waals surface area contributed by atoms with Crippen molar-refractivity contribution in [2.24, 2.45) is 34.7 Å². The number of aliphatic hydroxyl groups excluding tert-OH is 3. The fraction of sp³-hybridized carbons (Fsp3) is 0.956. The van der Waals surface area contributed by atoms with Crippen LogP contribution in [0.1, 0.15) is 133 Å². The van der Waals surface area contributed by atoms with Gasteiger partial charge in [0.05, 0.1) is 53.4 Å². The summed E-state index contributed by atoms with van der Waals surface area (Å²) >= 11 is 0. The first-order valence-electron chi connectivity index (χ1n) is 22.7. The number of carbonyl (C=O) groups is 1. The van der Waals surface area contributed by atoms with Gasteiger partial charge in [0.2, 0.25) is 0 Å². The smallest absolute Gasteiger partial charge is 0.311 e. The van der Waals surface area contributed by atoms with Crippen LogP contribution < -0.4 is 0 Å². The highest BCUT2D eigenvalue weighted by atomic mass is 16.7. The second kappa shape index (κ2) is 21.5. The molecule has 4 rings (SSSR count). The molecule has 3 heterocycles. The summed E-state index contributed by atoms with van der Waals surface area (Å²) in [6.45, 7) is 17.7. The van der Waals surface area contributed by atoms with Gasteiger partial charge in [0, 0.05) is 37.3 Å². The Hall–Kier alpha value is -1.50. The molecule has 0 radical (unpaired) electrons. The maximum Gasteiger partial charge on any atom is 0.311 e. The zero-order valence-corrected chi connectivity index (χ0v) is 38.9. The number of nitrogens with zero attached hydrogens (tertiary/aromatic N) is 2. The predicted octanol–water partition coefficient (Wildman–Crippen LogP) is 4.56. The van der Waals surface area contributed by atoms with Gasteiger partial charge in [-0.1, -0.05) is 65.0 Å². The maximum absolute atomic E-state index is 14.4. The third-order valence-corrected chi connectivity index (χ3v) is 14.4. The van der Waals surface area contributed by atoms with Crippen molar-refractivity contribution < 1.29 is 63.6 Å². The van der Waals surface area contributed by atoms with Crippen molar-refractivity contribution in [2.75, 3.05) is 27.8 Å². The van der Waals surface area contributed by atoms with Gasteiger partial charge in [-0.25, -0.2) is 0 Å². The van der Waals surface area contributed by atoms with Crippen LogP contribution in [0.4, 0.5) is 0 Å². The molecule has 3 aliphatic heterocycles. The maximum atomic E-state index is 14.4. The third kappa shape index (κ3) is 12.0. The number of methoxy groups -OCH3 is 1. The highest BCUT2D eigenvalue weighted by Gasteiger charge is 2.53. The van der Waals surface area contributed by atoms with Crippen LogP contribution in [0.15, 0.2) is 5.16 Å². The lowest BCUT2D eigenvalue weighted by Crippen LogP contribution is -2.61. The topological polar surface area (TPSA) is 198 Å². The number of carbonyl (C=O) groups excluding carboxylic acids is 1. The number of rotatable bonds is 11. The van der Waals surface area contributed by atoms with Crippen molar-refractivity contribution in [3.63, 3.8) is 0 Å². The molecule has 15 heteroatoms. The van der Waals surface area contributed by atoms with Crippen LogP contribution in [0.5, 0.6) is 0 Å². The molecular formula is C45H82N2O13. The number of esters is 1. The Bertz CT molecular complexity index is 1380. The molecule has 1 aliphatic carbocycles. The van der Waals surface area contributed by atoms with E-state index in [-0.39, 0.29) is 31.4 Å². The Morgan fingerprint density at radius 3 is 2.13 bits per heavy atom. The van der Waals surface area contributed by atoms with Crippen molar-refractivity contribution in [3.8, 4) is 0 Å². The van der Waals surface area contributed by atoms with E-state index in [0.29, 0.717) is 24.7 Å². The van der Waals surface area contributed by atoms with Crippen LogP contribution in [-0.4, -0.2) is 154 Å². The molecule has 5 N–H and O–H groups in total.